The third-order valence-corrected chi connectivity index (χ3v) is 8.01. The van der Waals surface area contributed by atoms with Gasteiger partial charge in [0.1, 0.15) is 18.5 Å². The number of aromatic nitrogens is 3. The average molecular weight is 453 g/mol. The highest BCUT2D eigenvalue weighted by Gasteiger charge is 2.29. The lowest BCUT2D eigenvalue weighted by Gasteiger charge is -2.26. The standard InChI is InChI=1S/C19H24N4O5S2/c1-23-17(8-13-6-7-30(25,26)12-13)21-22-19(23)29-11-18(24)20-9-14-10-27-15-4-2-3-5-16(15)28-14/h2-5,13-14H,6-12H2,1H3,(H,20,24)/t13-,14-/m0/s1. The Bertz CT molecular complexity index is 1020. The number of para-hydroxylation sites is 2. The van der Waals surface area contributed by atoms with Crippen molar-refractivity contribution in [2.24, 2.45) is 13.0 Å². The maximum Gasteiger partial charge on any atom is 0.230 e. The fourth-order valence-electron chi connectivity index (χ4n) is 3.51. The van der Waals surface area contributed by atoms with E-state index in [1.54, 1.807) is 0 Å². The van der Waals surface area contributed by atoms with Crippen LogP contribution < -0.4 is 14.8 Å². The molecule has 2 atom stereocenters. The van der Waals surface area contributed by atoms with E-state index >= 15 is 0 Å². The minimum absolute atomic E-state index is 0.0851. The summed E-state index contributed by atoms with van der Waals surface area (Å²) in [6.45, 7) is 0.738. The molecule has 2 aromatic rings. The van der Waals surface area contributed by atoms with Gasteiger partial charge in [-0.3, -0.25) is 4.79 Å². The van der Waals surface area contributed by atoms with Gasteiger partial charge in [0.15, 0.2) is 26.5 Å². The molecular formula is C19H24N4O5S2. The number of hydrogen-bond acceptors (Lipinski definition) is 8. The zero-order chi connectivity index (χ0) is 21.1. The molecule has 9 nitrogen and oxygen atoms in total. The van der Waals surface area contributed by atoms with Gasteiger partial charge < -0.3 is 19.4 Å². The van der Waals surface area contributed by atoms with Gasteiger partial charge in [0.25, 0.3) is 0 Å². The van der Waals surface area contributed by atoms with Crippen LogP contribution in [0.3, 0.4) is 0 Å². The molecule has 1 aromatic heterocycles. The fourth-order valence-corrected chi connectivity index (χ4v) is 6.13. The van der Waals surface area contributed by atoms with E-state index in [0.717, 1.165) is 5.82 Å². The van der Waals surface area contributed by atoms with Crippen LogP contribution in [-0.2, 0) is 28.1 Å². The van der Waals surface area contributed by atoms with Crippen LogP contribution >= 0.6 is 11.8 Å². The molecule has 0 bridgehead atoms. The highest BCUT2D eigenvalue weighted by Crippen LogP contribution is 2.30. The SMILES string of the molecule is Cn1c(C[C@@H]2CCS(=O)(=O)C2)nnc1SCC(=O)NC[C@H]1COc2ccccc2O1. The topological polar surface area (TPSA) is 112 Å². The quantitative estimate of drug-likeness (QED) is 0.615. The van der Waals surface area contributed by atoms with Crippen LogP contribution in [0, 0.1) is 5.92 Å². The Hall–Kier alpha value is -2.27. The lowest BCUT2D eigenvalue weighted by atomic mass is 10.1. The Kier molecular flexibility index (Phi) is 6.19. The van der Waals surface area contributed by atoms with Crippen LogP contribution in [0.15, 0.2) is 29.4 Å². The van der Waals surface area contributed by atoms with E-state index < -0.39 is 9.84 Å². The second-order valence-electron chi connectivity index (χ2n) is 7.52. The zero-order valence-corrected chi connectivity index (χ0v) is 18.2. The molecule has 1 amide bonds. The van der Waals surface area contributed by atoms with Gasteiger partial charge in [-0.15, -0.1) is 10.2 Å². The fraction of sp³-hybridized carbons (Fsp3) is 0.526. The first-order chi connectivity index (χ1) is 14.4. The molecule has 1 fully saturated rings. The molecule has 2 aliphatic heterocycles. The first-order valence-corrected chi connectivity index (χ1v) is 12.6. The molecule has 2 aliphatic rings. The number of hydrogen-bond donors (Lipinski definition) is 1. The van der Waals surface area contributed by atoms with Gasteiger partial charge in [0.05, 0.1) is 23.8 Å². The van der Waals surface area contributed by atoms with E-state index in [1.807, 2.05) is 35.9 Å². The summed E-state index contributed by atoms with van der Waals surface area (Å²) in [7, 11) is -1.07. The van der Waals surface area contributed by atoms with Gasteiger partial charge in [-0.25, -0.2) is 8.42 Å². The summed E-state index contributed by atoms with van der Waals surface area (Å²) in [6.07, 6.45) is 1.01. The highest BCUT2D eigenvalue weighted by molar-refractivity contribution is 7.99. The molecule has 1 saturated heterocycles. The van der Waals surface area contributed by atoms with Crippen LogP contribution in [0.2, 0.25) is 0 Å². The number of rotatable bonds is 7. The number of sulfone groups is 1. The molecule has 162 valence electrons. The number of carbonyl (C=O) groups is 1. The van der Waals surface area contributed by atoms with Gasteiger partial charge in [-0.1, -0.05) is 23.9 Å². The van der Waals surface area contributed by atoms with Crippen LogP contribution in [-0.4, -0.2) is 65.6 Å². The van der Waals surface area contributed by atoms with Gasteiger partial charge in [-0.05, 0) is 24.5 Å². The van der Waals surface area contributed by atoms with Crippen molar-refractivity contribution in [3.05, 3.63) is 30.1 Å². The van der Waals surface area contributed by atoms with Crippen LogP contribution in [0.1, 0.15) is 12.2 Å². The Morgan fingerprint density at radius 2 is 2.10 bits per heavy atom. The molecule has 0 spiro atoms. The van der Waals surface area contributed by atoms with E-state index in [0.29, 0.717) is 42.6 Å². The summed E-state index contributed by atoms with van der Waals surface area (Å²) < 4.78 is 36.6. The van der Waals surface area contributed by atoms with E-state index in [1.165, 1.54) is 11.8 Å². The van der Waals surface area contributed by atoms with E-state index in [9.17, 15) is 13.2 Å². The van der Waals surface area contributed by atoms with Crippen molar-refractivity contribution in [3.8, 4) is 11.5 Å². The minimum Gasteiger partial charge on any atom is -0.486 e. The minimum atomic E-state index is -2.91. The Balaban J connectivity index is 1.22. The summed E-state index contributed by atoms with van der Waals surface area (Å²) in [6, 6.07) is 7.45. The van der Waals surface area contributed by atoms with Gasteiger partial charge in [0, 0.05) is 13.5 Å². The molecule has 0 unspecified atom stereocenters. The van der Waals surface area contributed by atoms with Crippen molar-refractivity contribution < 1.29 is 22.7 Å². The third-order valence-electron chi connectivity index (χ3n) is 5.15. The summed E-state index contributed by atoms with van der Waals surface area (Å²) in [5.41, 5.74) is 0. The first kappa shape index (κ1) is 21.0. The molecule has 0 radical (unpaired) electrons. The van der Waals surface area contributed by atoms with Crippen molar-refractivity contribution in [1.29, 1.82) is 0 Å². The average Bonchev–Trinajstić information content (AvgIpc) is 3.26. The Morgan fingerprint density at radius 3 is 2.87 bits per heavy atom. The second kappa shape index (κ2) is 8.84. The van der Waals surface area contributed by atoms with Gasteiger partial charge in [0.2, 0.25) is 5.91 Å². The van der Waals surface area contributed by atoms with Crippen LogP contribution in [0.25, 0.3) is 0 Å². The second-order valence-corrected chi connectivity index (χ2v) is 10.7. The molecule has 4 rings (SSSR count). The molecule has 0 saturated carbocycles. The van der Waals surface area contributed by atoms with Crippen molar-refractivity contribution in [1.82, 2.24) is 20.1 Å². The summed E-state index contributed by atoms with van der Waals surface area (Å²) in [5, 5.41) is 11.8. The summed E-state index contributed by atoms with van der Waals surface area (Å²) in [4.78, 5) is 12.2. The summed E-state index contributed by atoms with van der Waals surface area (Å²) >= 11 is 1.30. The third kappa shape index (κ3) is 5.07. The summed E-state index contributed by atoms with van der Waals surface area (Å²) in [5.74, 6) is 2.75. The monoisotopic (exact) mass is 452 g/mol. The smallest absolute Gasteiger partial charge is 0.230 e. The molecule has 3 heterocycles. The predicted octanol–water partition coefficient (Wildman–Crippen LogP) is 0.841. The van der Waals surface area contributed by atoms with Gasteiger partial charge in [-0.2, -0.15) is 0 Å². The van der Waals surface area contributed by atoms with Crippen molar-refractivity contribution >= 4 is 27.5 Å². The maximum atomic E-state index is 12.2. The number of nitrogens with zero attached hydrogens (tertiary/aromatic N) is 3. The van der Waals surface area contributed by atoms with Crippen LogP contribution in [0.5, 0.6) is 11.5 Å². The first-order valence-electron chi connectivity index (χ1n) is 9.76. The number of benzene rings is 1. The van der Waals surface area contributed by atoms with E-state index in [-0.39, 0.29) is 35.2 Å². The maximum absolute atomic E-state index is 12.2. The molecule has 30 heavy (non-hydrogen) atoms. The molecule has 1 N–H and O–H groups in total. The normalized spacial score (nSPS) is 22.0. The van der Waals surface area contributed by atoms with E-state index in [4.69, 9.17) is 9.47 Å². The molecule has 1 aromatic carbocycles. The molecule has 0 aliphatic carbocycles. The van der Waals surface area contributed by atoms with Crippen LogP contribution in [0.4, 0.5) is 0 Å². The predicted molar refractivity (Wildman–Crippen MR) is 112 cm³/mol. The number of fused-ring (bicyclic) bond motifs is 1. The van der Waals surface area contributed by atoms with Crippen molar-refractivity contribution in [2.75, 3.05) is 30.4 Å². The number of nitrogens with one attached hydrogen (secondary N) is 1. The van der Waals surface area contributed by atoms with Crippen molar-refractivity contribution in [2.45, 2.75) is 24.1 Å². The van der Waals surface area contributed by atoms with Crippen molar-refractivity contribution in [3.63, 3.8) is 0 Å². The lowest BCUT2D eigenvalue weighted by Crippen LogP contribution is -2.41. The zero-order valence-electron chi connectivity index (χ0n) is 16.6. The lowest BCUT2D eigenvalue weighted by molar-refractivity contribution is -0.119. The number of carbonyl (C=O) groups excluding carboxylic acids is 1. The number of thioether (sulfide) groups is 1. The van der Waals surface area contributed by atoms with Gasteiger partial charge >= 0.3 is 0 Å². The van der Waals surface area contributed by atoms with E-state index in [2.05, 4.69) is 15.5 Å². The molecular weight excluding hydrogens is 428 g/mol. The largest absolute Gasteiger partial charge is 0.486 e. The Morgan fingerprint density at radius 1 is 1.30 bits per heavy atom. The Labute approximate surface area is 179 Å². The highest BCUT2D eigenvalue weighted by atomic mass is 32.2. The number of ether oxygens (including phenoxy) is 2. The number of amides is 1. The molecule has 11 heteroatoms.